The quantitative estimate of drug-likeness (QED) is 0.542. The van der Waals surface area contributed by atoms with Crippen LogP contribution in [-0.2, 0) is 0 Å². The van der Waals surface area contributed by atoms with Gasteiger partial charge in [0, 0.05) is 6.04 Å². The molecule has 0 aromatic carbocycles. The van der Waals surface area contributed by atoms with E-state index in [9.17, 15) is 15.3 Å². The van der Waals surface area contributed by atoms with Crippen molar-refractivity contribution in [3.05, 3.63) is 0 Å². The second kappa shape index (κ2) is 5.96. The molecule has 4 nitrogen and oxygen atoms in total. The van der Waals surface area contributed by atoms with Crippen LogP contribution < -0.4 is 5.32 Å². The van der Waals surface area contributed by atoms with E-state index in [1.807, 2.05) is 0 Å². The van der Waals surface area contributed by atoms with Crippen LogP contribution in [0.1, 0.15) is 33.1 Å². The van der Waals surface area contributed by atoms with Gasteiger partial charge >= 0.3 is 0 Å². The van der Waals surface area contributed by atoms with E-state index in [1.54, 1.807) is 0 Å². The summed E-state index contributed by atoms with van der Waals surface area (Å²) < 4.78 is 0. The number of aliphatic hydroxyl groups excluding tert-OH is 3. The van der Waals surface area contributed by atoms with Crippen LogP contribution in [0, 0.1) is 11.8 Å². The Balaban J connectivity index is 2.57. The maximum absolute atomic E-state index is 9.26. The van der Waals surface area contributed by atoms with Gasteiger partial charge in [-0.3, -0.25) is 0 Å². The lowest BCUT2D eigenvalue weighted by Crippen LogP contribution is -2.59. The summed E-state index contributed by atoms with van der Waals surface area (Å²) >= 11 is 0. The summed E-state index contributed by atoms with van der Waals surface area (Å²) in [6.45, 7) is 3.74. The summed E-state index contributed by atoms with van der Waals surface area (Å²) in [5.41, 5.74) is -0.929. The predicted octanol–water partition coefficient (Wildman–Crippen LogP) is 0.116. The van der Waals surface area contributed by atoms with Crippen LogP contribution in [0.4, 0.5) is 0 Å². The average molecular weight is 231 g/mol. The Labute approximate surface area is 97.7 Å². The third kappa shape index (κ3) is 3.42. The highest BCUT2D eigenvalue weighted by Gasteiger charge is 2.33. The maximum Gasteiger partial charge on any atom is 0.0883 e. The number of aliphatic hydroxyl groups is 3. The van der Waals surface area contributed by atoms with Crippen molar-refractivity contribution in [2.75, 3.05) is 19.8 Å². The lowest BCUT2D eigenvalue weighted by molar-refractivity contribution is 0.0253. The van der Waals surface area contributed by atoms with E-state index < -0.39 is 5.54 Å². The van der Waals surface area contributed by atoms with Crippen molar-refractivity contribution in [2.24, 2.45) is 11.8 Å². The van der Waals surface area contributed by atoms with E-state index in [2.05, 4.69) is 19.2 Å². The van der Waals surface area contributed by atoms with E-state index in [1.165, 1.54) is 6.42 Å². The number of hydrogen-bond acceptors (Lipinski definition) is 4. The molecule has 0 aromatic rings. The molecule has 2 unspecified atom stereocenters. The van der Waals surface area contributed by atoms with Crippen LogP contribution in [0.15, 0.2) is 0 Å². The first-order chi connectivity index (χ1) is 7.55. The highest BCUT2D eigenvalue weighted by Crippen LogP contribution is 2.29. The number of nitrogens with one attached hydrogen (secondary N) is 1. The Bertz CT molecular complexity index is 188. The van der Waals surface area contributed by atoms with Crippen LogP contribution in [0.3, 0.4) is 0 Å². The molecular weight excluding hydrogens is 206 g/mol. The van der Waals surface area contributed by atoms with Gasteiger partial charge in [-0.2, -0.15) is 0 Å². The fourth-order valence-corrected chi connectivity index (χ4v) is 2.78. The fourth-order valence-electron chi connectivity index (χ4n) is 2.78. The van der Waals surface area contributed by atoms with Gasteiger partial charge in [-0.05, 0) is 31.1 Å². The minimum absolute atomic E-state index is 0.237. The molecule has 4 heteroatoms. The molecule has 16 heavy (non-hydrogen) atoms. The van der Waals surface area contributed by atoms with Gasteiger partial charge in [-0.25, -0.2) is 0 Å². The van der Waals surface area contributed by atoms with Crippen LogP contribution >= 0.6 is 0 Å². The van der Waals surface area contributed by atoms with Gasteiger partial charge in [0.25, 0.3) is 0 Å². The first-order valence-electron chi connectivity index (χ1n) is 6.15. The first-order valence-corrected chi connectivity index (χ1v) is 6.15. The average Bonchev–Trinajstić information content (AvgIpc) is 2.25. The molecular formula is C12H25NO3. The minimum Gasteiger partial charge on any atom is -0.394 e. The Morgan fingerprint density at radius 2 is 1.38 bits per heavy atom. The molecule has 0 amide bonds. The first kappa shape index (κ1) is 13.9. The molecule has 0 radical (unpaired) electrons. The molecule has 1 fully saturated rings. The molecule has 1 aliphatic carbocycles. The van der Waals surface area contributed by atoms with Crippen LogP contribution in [0.25, 0.3) is 0 Å². The number of rotatable bonds is 5. The van der Waals surface area contributed by atoms with Crippen LogP contribution in [0.2, 0.25) is 0 Å². The zero-order valence-corrected chi connectivity index (χ0v) is 10.3. The molecule has 0 bridgehead atoms. The summed E-state index contributed by atoms with van der Waals surface area (Å²) in [6.07, 6.45) is 3.33. The maximum atomic E-state index is 9.26. The van der Waals surface area contributed by atoms with Crippen molar-refractivity contribution in [3.63, 3.8) is 0 Å². The molecule has 0 heterocycles. The molecule has 1 aliphatic rings. The Morgan fingerprint density at radius 3 is 1.75 bits per heavy atom. The lowest BCUT2D eigenvalue weighted by Gasteiger charge is -2.39. The van der Waals surface area contributed by atoms with Crippen LogP contribution in [0.5, 0.6) is 0 Å². The number of hydrogen-bond donors (Lipinski definition) is 4. The Kier molecular flexibility index (Phi) is 5.18. The monoisotopic (exact) mass is 231 g/mol. The van der Waals surface area contributed by atoms with Crippen molar-refractivity contribution >= 4 is 0 Å². The van der Waals surface area contributed by atoms with Gasteiger partial charge < -0.3 is 20.6 Å². The van der Waals surface area contributed by atoms with Crippen molar-refractivity contribution in [2.45, 2.75) is 44.7 Å². The molecule has 1 rings (SSSR count). The second-order valence-electron chi connectivity index (χ2n) is 5.51. The summed E-state index contributed by atoms with van der Waals surface area (Å²) in [6, 6.07) is 0.283. The van der Waals surface area contributed by atoms with E-state index in [4.69, 9.17) is 0 Å². The summed E-state index contributed by atoms with van der Waals surface area (Å²) in [5.74, 6) is 1.32. The van der Waals surface area contributed by atoms with Gasteiger partial charge in [0.15, 0.2) is 0 Å². The highest BCUT2D eigenvalue weighted by molar-refractivity contribution is 4.92. The van der Waals surface area contributed by atoms with Crippen molar-refractivity contribution in [1.82, 2.24) is 5.32 Å². The van der Waals surface area contributed by atoms with Gasteiger partial charge in [0.05, 0.1) is 25.4 Å². The van der Waals surface area contributed by atoms with Gasteiger partial charge in [-0.15, -0.1) is 0 Å². The zero-order chi connectivity index (χ0) is 12.2. The molecule has 1 saturated carbocycles. The Morgan fingerprint density at radius 1 is 0.938 bits per heavy atom. The Hall–Kier alpha value is -0.160. The third-order valence-electron chi connectivity index (χ3n) is 3.60. The summed E-state index contributed by atoms with van der Waals surface area (Å²) in [4.78, 5) is 0. The minimum atomic E-state index is -0.929. The van der Waals surface area contributed by atoms with Gasteiger partial charge in [0.1, 0.15) is 0 Å². The van der Waals surface area contributed by atoms with Crippen LogP contribution in [-0.4, -0.2) is 46.7 Å². The molecule has 0 aliphatic heterocycles. The summed E-state index contributed by atoms with van der Waals surface area (Å²) in [7, 11) is 0. The lowest BCUT2D eigenvalue weighted by atomic mass is 9.79. The SMILES string of the molecule is CC1CC(C)CC(NC(CO)(CO)CO)C1. The molecule has 0 spiro atoms. The normalized spacial score (nSPS) is 31.7. The third-order valence-corrected chi connectivity index (χ3v) is 3.60. The molecule has 4 N–H and O–H groups in total. The highest BCUT2D eigenvalue weighted by atomic mass is 16.3. The second-order valence-corrected chi connectivity index (χ2v) is 5.51. The van der Waals surface area contributed by atoms with Gasteiger partial charge in [-0.1, -0.05) is 13.8 Å². The van der Waals surface area contributed by atoms with E-state index in [-0.39, 0.29) is 25.9 Å². The largest absolute Gasteiger partial charge is 0.394 e. The van der Waals surface area contributed by atoms with Crippen molar-refractivity contribution in [1.29, 1.82) is 0 Å². The zero-order valence-electron chi connectivity index (χ0n) is 10.3. The predicted molar refractivity (Wildman–Crippen MR) is 63.1 cm³/mol. The molecule has 2 atom stereocenters. The molecule has 0 aromatic heterocycles. The van der Waals surface area contributed by atoms with E-state index >= 15 is 0 Å². The molecule has 0 saturated heterocycles. The topological polar surface area (TPSA) is 72.7 Å². The van der Waals surface area contributed by atoms with Crippen molar-refractivity contribution < 1.29 is 15.3 Å². The standard InChI is InChI=1S/C12H25NO3/c1-9-3-10(2)5-11(4-9)13-12(6-14,7-15)8-16/h9-11,13-16H,3-8H2,1-2H3. The van der Waals surface area contributed by atoms with Crippen molar-refractivity contribution in [3.8, 4) is 0 Å². The molecule has 96 valence electrons. The summed E-state index contributed by atoms with van der Waals surface area (Å²) in [5, 5.41) is 31.0. The van der Waals surface area contributed by atoms with E-state index in [0.717, 1.165) is 12.8 Å². The fraction of sp³-hybridized carbons (Fsp3) is 1.00. The van der Waals surface area contributed by atoms with Gasteiger partial charge in [0.2, 0.25) is 0 Å². The van der Waals surface area contributed by atoms with E-state index in [0.29, 0.717) is 11.8 Å². The smallest absolute Gasteiger partial charge is 0.0883 e.